The predicted octanol–water partition coefficient (Wildman–Crippen LogP) is 3.75. The van der Waals surface area contributed by atoms with Crippen molar-refractivity contribution in [2.24, 2.45) is 0 Å². The molecule has 0 spiro atoms. The van der Waals surface area contributed by atoms with Crippen LogP contribution in [0, 0.1) is 12.7 Å². The first-order chi connectivity index (χ1) is 15.2. The third-order valence-corrected chi connectivity index (χ3v) is 6.38. The minimum absolute atomic E-state index is 0.0680. The molecule has 7 nitrogen and oxygen atoms in total. The van der Waals surface area contributed by atoms with Crippen LogP contribution in [0.2, 0.25) is 0 Å². The van der Waals surface area contributed by atoms with Gasteiger partial charge in [0, 0.05) is 5.69 Å². The molecule has 0 unspecified atom stereocenters. The van der Waals surface area contributed by atoms with Crippen molar-refractivity contribution in [3.8, 4) is 0 Å². The minimum atomic E-state index is -4.23. The van der Waals surface area contributed by atoms with Crippen molar-refractivity contribution in [3.63, 3.8) is 0 Å². The Labute approximate surface area is 185 Å². The summed E-state index contributed by atoms with van der Waals surface area (Å²) in [4.78, 5) is 24.1. The van der Waals surface area contributed by atoms with Crippen LogP contribution in [0.25, 0.3) is 0 Å². The van der Waals surface area contributed by atoms with Crippen LogP contribution < -0.4 is 9.62 Å². The van der Waals surface area contributed by atoms with Crippen LogP contribution in [0.15, 0.2) is 77.7 Å². The number of esters is 1. The number of carbonyl (C=O) groups excluding carboxylic acids is 2. The fraction of sp³-hybridized carbons (Fsp3) is 0.130. The lowest BCUT2D eigenvalue weighted by molar-refractivity contribution is -0.114. The molecule has 3 aromatic carbocycles. The number of nitrogens with zero attached hydrogens (tertiary/aromatic N) is 1. The first-order valence-electron chi connectivity index (χ1n) is 9.54. The lowest BCUT2D eigenvalue weighted by Gasteiger charge is -2.24. The van der Waals surface area contributed by atoms with Crippen molar-refractivity contribution < 1.29 is 27.1 Å². The monoisotopic (exact) mass is 456 g/mol. The zero-order valence-corrected chi connectivity index (χ0v) is 18.2. The minimum Gasteiger partial charge on any atom is -0.465 e. The SMILES string of the molecule is COC(=O)c1ccc(NC(=O)CN(c2ccccc2F)S(=O)(=O)c2ccc(C)cc2)cc1. The van der Waals surface area contributed by atoms with Gasteiger partial charge in [-0.05, 0) is 55.5 Å². The molecule has 0 aliphatic heterocycles. The molecule has 0 bridgehead atoms. The van der Waals surface area contributed by atoms with Gasteiger partial charge in [0.1, 0.15) is 12.4 Å². The van der Waals surface area contributed by atoms with E-state index in [1.807, 2.05) is 6.92 Å². The summed E-state index contributed by atoms with van der Waals surface area (Å²) in [7, 11) is -2.98. The van der Waals surface area contributed by atoms with E-state index in [0.29, 0.717) is 11.3 Å². The van der Waals surface area contributed by atoms with E-state index in [9.17, 15) is 22.4 Å². The van der Waals surface area contributed by atoms with Gasteiger partial charge in [0.15, 0.2) is 0 Å². The number of hydrogen-bond donors (Lipinski definition) is 1. The van der Waals surface area contributed by atoms with Crippen LogP contribution in [0.3, 0.4) is 0 Å². The molecule has 3 rings (SSSR count). The highest BCUT2D eigenvalue weighted by molar-refractivity contribution is 7.92. The topological polar surface area (TPSA) is 92.8 Å². The number of benzene rings is 3. The fourth-order valence-electron chi connectivity index (χ4n) is 2.93. The molecule has 32 heavy (non-hydrogen) atoms. The van der Waals surface area contributed by atoms with Crippen molar-refractivity contribution in [1.82, 2.24) is 0 Å². The summed E-state index contributed by atoms with van der Waals surface area (Å²) in [6.07, 6.45) is 0. The standard InChI is InChI=1S/C23H21FN2O5S/c1-16-7-13-19(14-8-16)32(29,30)26(21-6-4-3-5-20(21)24)15-22(27)25-18-11-9-17(10-12-18)23(28)31-2/h3-14H,15H2,1-2H3,(H,25,27). The summed E-state index contributed by atoms with van der Waals surface area (Å²) in [6.45, 7) is 1.15. The Hall–Kier alpha value is -3.72. The van der Waals surface area contributed by atoms with Crippen LogP contribution in [0.1, 0.15) is 15.9 Å². The largest absolute Gasteiger partial charge is 0.465 e. The van der Waals surface area contributed by atoms with E-state index in [-0.39, 0.29) is 10.6 Å². The van der Waals surface area contributed by atoms with Crippen molar-refractivity contribution in [2.45, 2.75) is 11.8 Å². The lowest BCUT2D eigenvalue weighted by atomic mass is 10.2. The molecule has 9 heteroatoms. The zero-order valence-electron chi connectivity index (χ0n) is 17.4. The number of amides is 1. The van der Waals surface area contributed by atoms with Crippen molar-refractivity contribution in [1.29, 1.82) is 0 Å². The second kappa shape index (κ2) is 9.61. The lowest BCUT2D eigenvalue weighted by Crippen LogP contribution is -2.38. The highest BCUT2D eigenvalue weighted by Crippen LogP contribution is 2.26. The summed E-state index contributed by atoms with van der Waals surface area (Å²) in [5.74, 6) is -1.99. The fourth-order valence-corrected chi connectivity index (χ4v) is 4.36. The average molecular weight is 456 g/mol. The van der Waals surface area contributed by atoms with Gasteiger partial charge >= 0.3 is 5.97 Å². The van der Waals surface area contributed by atoms with Crippen LogP contribution >= 0.6 is 0 Å². The van der Waals surface area contributed by atoms with Crippen molar-refractivity contribution in [2.75, 3.05) is 23.3 Å². The Balaban J connectivity index is 1.89. The third kappa shape index (κ3) is 5.12. The number of para-hydroxylation sites is 1. The summed E-state index contributed by atoms with van der Waals surface area (Å²) in [6, 6.07) is 17.2. The Bertz CT molecular complexity index is 1230. The number of carbonyl (C=O) groups is 2. The summed E-state index contributed by atoms with van der Waals surface area (Å²) < 4.78 is 46.4. The van der Waals surface area contributed by atoms with Gasteiger partial charge in [-0.25, -0.2) is 17.6 Å². The van der Waals surface area contributed by atoms with E-state index in [4.69, 9.17) is 0 Å². The highest BCUT2D eigenvalue weighted by Gasteiger charge is 2.29. The molecule has 0 aliphatic rings. The summed E-state index contributed by atoms with van der Waals surface area (Å²) in [5.41, 5.74) is 1.24. The molecule has 166 valence electrons. The molecular formula is C23H21FN2O5S. The Morgan fingerprint density at radius 3 is 2.19 bits per heavy atom. The van der Waals surface area contributed by atoms with Crippen molar-refractivity contribution >= 4 is 33.3 Å². The predicted molar refractivity (Wildman–Crippen MR) is 119 cm³/mol. The van der Waals surface area contributed by atoms with Gasteiger partial charge < -0.3 is 10.1 Å². The number of rotatable bonds is 7. The van der Waals surface area contributed by atoms with Crippen molar-refractivity contribution in [3.05, 3.63) is 89.7 Å². The number of sulfonamides is 1. The summed E-state index contributed by atoms with van der Waals surface area (Å²) in [5, 5.41) is 2.56. The molecule has 0 saturated carbocycles. The molecule has 3 aromatic rings. The first kappa shape index (κ1) is 23.0. The first-order valence-corrected chi connectivity index (χ1v) is 11.0. The molecule has 0 aliphatic carbocycles. The molecule has 1 N–H and O–H groups in total. The zero-order chi connectivity index (χ0) is 23.3. The third-order valence-electron chi connectivity index (χ3n) is 4.61. The van der Waals surface area contributed by atoms with E-state index >= 15 is 0 Å². The van der Waals surface area contributed by atoms with Gasteiger partial charge in [-0.2, -0.15) is 0 Å². The number of aryl methyl sites for hydroxylation is 1. The quantitative estimate of drug-likeness (QED) is 0.547. The molecule has 0 radical (unpaired) electrons. The maximum atomic E-state index is 14.5. The van der Waals surface area contributed by atoms with Gasteiger partial charge in [-0.15, -0.1) is 0 Å². The van der Waals surface area contributed by atoms with Gasteiger partial charge in [0.2, 0.25) is 5.91 Å². The normalized spacial score (nSPS) is 11.0. The van der Waals surface area contributed by atoms with Gasteiger partial charge in [-0.3, -0.25) is 9.10 Å². The maximum Gasteiger partial charge on any atom is 0.337 e. The number of anilines is 2. The average Bonchev–Trinajstić information content (AvgIpc) is 2.78. The smallest absolute Gasteiger partial charge is 0.337 e. The molecular weight excluding hydrogens is 435 g/mol. The Morgan fingerprint density at radius 2 is 1.59 bits per heavy atom. The number of ether oxygens (including phenoxy) is 1. The Morgan fingerprint density at radius 1 is 0.969 bits per heavy atom. The Kier molecular flexibility index (Phi) is 6.89. The van der Waals surface area contributed by atoms with Crippen LogP contribution in [-0.2, 0) is 19.6 Å². The van der Waals surface area contributed by atoms with E-state index in [1.165, 1.54) is 61.7 Å². The molecule has 0 saturated heterocycles. The van der Waals surface area contributed by atoms with Crippen LogP contribution in [-0.4, -0.2) is 33.9 Å². The van der Waals surface area contributed by atoms with Crippen LogP contribution in [0.4, 0.5) is 15.8 Å². The molecule has 0 heterocycles. The molecule has 0 aromatic heterocycles. The second-order valence-corrected chi connectivity index (χ2v) is 8.76. The molecule has 0 atom stereocenters. The van der Waals surface area contributed by atoms with E-state index < -0.39 is 34.3 Å². The number of nitrogens with one attached hydrogen (secondary N) is 1. The van der Waals surface area contributed by atoms with E-state index in [1.54, 1.807) is 12.1 Å². The van der Waals surface area contributed by atoms with Crippen LogP contribution in [0.5, 0.6) is 0 Å². The molecule has 1 amide bonds. The van der Waals surface area contributed by atoms with Gasteiger partial charge in [0.05, 0.1) is 23.3 Å². The van der Waals surface area contributed by atoms with E-state index in [0.717, 1.165) is 15.9 Å². The highest BCUT2D eigenvalue weighted by atomic mass is 32.2. The maximum absolute atomic E-state index is 14.5. The number of hydrogen-bond acceptors (Lipinski definition) is 5. The second-order valence-electron chi connectivity index (χ2n) is 6.89. The van der Waals surface area contributed by atoms with E-state index in [2.05, 4.69) is 10.1 Å². The summed E-state index contributed by atoms with van der Waals surface area (Å²) >= 11 is 0. The number of halogens is 1. The number of methoxy groups -OCH3 is 1. The van der Waals surface area contributed by atoms with Gasteiger partial charge in [0.25, 0.3) is 10.0 Å². The molecule has 0 fully saturated rings. The van der Waals surface area contributed by atoms with Gasteiger partial charge in [-0.1, -0.05) is 29.8 Å².